The van der Waals surface area contributed by atoms with Gasteiger partial charge in [-0.05, 0) is 25.2 Å². The number of hydrogen-bond acceptors (Lipinski definition) is 4. The summed E-state index contributed by atoms with van der Waals surface area (Å²) in [6, 6.07) is 2.16. The number of rotatable bonds is 4. The van der Waals surface area contributed by atoms with Crippen LogP contribution in [0.2, 0.25) is 0 Å². The average Bonchev–Trinajstić information content (AvgIpc) is 2.35. The molecule has 1 aliphatic carbocycles. The Morgan fingerprint density at radius 2 is 2.28 bits per heavy atom. The highest BCUT2D eigenvalue weighted by Gasteiger charge is 2.27. The summed E-state index contributed by atoms with van der Waals surface area (Å²) in [6.07, 6.45) is 4.93. The molecule has 4 atom stereocenters. The van der Waals surface area contributed by atoms with Crippen LogP contribution in [0.15, 0.2) is 4.99 Å². The summed E-state index contributed by atoms with van der Waals surface area (Å²) >= 11 is 0. The molecule has 0 aromatic rings. The molecule has 4 nitrogen and oxygen atoms in total. The van der Waals surface area contributed by atoms with E-state index in [1.54, 1.807) is 6.92 Å². The molecular formula is C14H22N2O2. The van der Waals surface area contributed by atoms with Gasteiger partial charge in [-0.3, -0.25) is 9.79 Å². The van der Waals surface area contributed by atoms with Crippen molar-refractivity contribution in [2.75, 3.05) is 6.61 Å². The number of hydrogen-bond donors (Lipinski definition) is 0. The Hall–Kier alpha value is -1.37. The van der Waals surface area contributed by atoms with Gasteiger partial charge in [-0.2, -0.15) is 5.26 Å². The summed E-state index contributed by atoms with van der Waals surface area (Å²) in [6.45, 7) is 6.45. The fourth-order valence-electron chi connectivity index (χ4n) is 2.34. The minimum absolute atomic E-state index is 0.235. The van der Waals surface area contributed by atoms with Crippen molar-refractivity contribution in [1.29, 1.82) is 5.26 Å². The van der Waals surface area contributed by atoms with Gasteiger partial charge in [0, 0.05) is 6.21 Å². The lowest BCUT2D eigenvalue weighted by atomic mass is 9.78. The molecule has 0 aromatic carbocycles. The van der Waals surface area contributed by atoms with Crippen LogP contribution >= 0.6 is 0 Å². The molecular weight excluding hydrogens is 228 g/mol. The Kier molecular flexibility index (Phi) is 5.84. The highest BCUT2D eigenvalue weighted by Crippen LogP contribution is 2.31. The first-order chi connectivity index (χ1) is 8.60. The third-order valence-electron chi connectivity index (χ3n) is 3.77. The van der Waals surface area contributed by atoms with Gasteiger partial charge >= 0.3 is 5.97 Å². The van der Waals surface area contributed by atoms with Crippen molar-refractivity contribution in [2.24, 2.45) is 22.7 Å². The molecule has 1 saturated carbocycles. The molecule has 0 heterocycles. The van der Waals surface area contributed by atoms with Crippen LogP contribution in [0, 0.1) is 29.1 Å². The zero-order valence-corrected chi connectivity index (χ0v) is 11.4. The second-order valence-corrected chi connectivity index (χ2v) is 4.99. The minimum Gasteiger partial charge on any atom is -0.465 e. The van der Waals surface area contributed by atoms with Crippen molar-refractivity contribution in [2.45, 2.75) is 46.1 Å². The van der Waals surface area contributed by atoms with Gasteiger partial charge in [0.2, 0.25) is 0 Å². The van der Waals surface area contributed by atoms with E-state index >= 15 is 0 Å². The second kappa shape index (κ2) is 7.15. The van der Waals surface area contributed by atoms with Gasteiger partial charge in [0.05, 0.1) is 18.7 Å². The summed E-state index contributed by atoms with van der Waals surface area (Å²) < 4.78 is 4.83. The van der Waals surface area contributed by atoms with Crippen molar-refractivity contribution in [1.82, 2.24) is 0 Å². The molecule has 0 radical (unpaired) electrons. The third-order valence-corrected chi connectivity index (χ3v) is 3.77. The standard InChI is InChI=1S/C14H22N2O2/c1-4-18-14(17)12(8-15)9-16-13-7-5-6-10(2)11(13)3/h9-13H,4-7H2,1-3H3/t10-,11-,12+,13-/m0/s1. The largest absolute Gasteiger partial charge is 0.465 e. The fraction of sp³-hybridized carbons (Fsp3) is 0.786. The maximum Gasteiger partial charge on any atom is 0.328 e. The van der Waals surface area contributed by atoms with Gasteiger partial charge in [0.1, 0.15) is 0 Å². The van der Waals surface area contributed by atoms with Crippen LogP contribution in [0.1, 0.15) is 40.0 Å². The number of carbonyl (C=O) groups is 1. The molecule has 1 aliphatic rings. The van der Waals surface area contributed by atoms with Crippen LogP contribution in [0.4, 0.5) is 0 Å². The first-order valence-corrected chi connectivity index (χ1v) is 6.69. The Morgan fingerprint density at radius 1 is 1.56 bits per heavy atom. The Labute approximate surface area is 109 Å². The monoisotopic (exact) mass is 250 g/mol. The molecule has 18 heavy (non-hydrogen) atoms. The normalized spacial score (nSPS) is 29.8. The number of esters is 1. The topological polar surface area (TPSA) is 62.5 Å². The molecule has 100 valence electrons. The van der Waals surface area contributed by atoms with E-state index < -0.39 is 11.9 Å². The molecule has 0 aromatic heterocycles. The molecule has 4 heteroatoms. The zero-order valence-electron chi connectivity index (χ0n) is 11.4. The third kappa shape index (κ3) is 3.83. The summed E-state index contributed by atoms with van der Waals surface area (Å²) in [4.78, 5) is 15.9. The molecule has 0 saturated heterocycles. The maximum atomic E-state index is 11.5. The van der Waals surface area contributed by atoms with Crippen LogP contribution in [-0.2, 0) is 9.53 Å². The van der Waals surface area contributed by atoms with Crippen LogP contribution in [0.3, 0.4) is 0 Å². The lowest BCUT2D eigenvalue weighted by molar-refractivity contribution is -0.143. The van der Waals surface area contributed by atoms with Crippen molar-refractivity contribution in [3.05, 3.63) is 0 Å². The zero-order chi connectivity index (χ0) is 13.5. The number of nitrogens with zero attached hydrogens (tertiary/aromatic N) is 2. The summed E-state index contributed by atoms with van der Waals surface area (Å²) in [5.41, 5.74) is 0. The Bertz CT molecular complexity index is 346. The van der Waals surface area contributed by atoms with E-state index in [9.17, 15) is 4.79 Å². The van der Waals surface area contributed by atoms with Gasteiger partial charge in [-0.25, -0.2) is 0 Å². The molecule has 0 aliphatic heterocycles. The van der Waals surface area contributed by atoms with Crippen molar-refractivity contribution in [3.8, 4) is 6.07 Å². The minimum atomic E-state index is -0.866. The highest BCUT2D eigenvalue weighted by molar-refractivity contribution is 5.92. The van der Waals surface area contributed by atoms with E-state index in [-0.39, 0.29) is 6.04 Å². The van der Waals surface area contributed by atoms with Crippen LogP contribution < -0.4 is 0 Å². The predicted molar refractivity (Wildman–Crippen MR) is 70.2 cm³/mol. The molecule has 0 unspecified atom stereocenters. The summed E-state index contributed by atoms with van der Waals surface area (Å²) in [5.74, 6) is -0.199. The van der Waals surface area contributed by atoms with E-state index in [1.165, 1.54) is 19.1 Å². The lowest BCUT2D eigenvalue weighted by Gasteiger charge is -2.31. The Morgan fingerprint density at radius 3 is 2.89 bits per heavy atom. The van der Waals surface area contributed by atoms with Crippen LogP contribution in [0.25, 0.3) is 0 Å². The van der Waals surface area contributed by atoms with Crippen LogP contribution in [-0.4, -0.2) is 24.8 Å². The van der Waals surface area contributed by atoms with E-state index in [0.29, 0.717) is 18.4 Å². The quantitative estimate of drug-likeness (QED) is 0.569. The highest BCUT2D eigenvalue weighted by atomic mass is 16.5. The van der Waals surface area contributed by atoms with Gasteiger partial charge < -0.3 is 4.74 Å². The van der Waals surface area contributed by atoms with Gasteiger partial charge in [-0.1, -0.05) is 26.7 Å². The molecule has 0 amide bonds. The lowest BCUT2D eigenvalue weighted by Crippen LogP contribution is -2.28. The van der Waals surface area contributed by atoms with E-state index in [4.69, 9.17) is 10.00 Å². The van der Waals surface area contributed by atoms with Gasteiger partial charge in [0.25, 0.3) is 0 Å². The maximum absolute atomic E-state index is 11.5. The van der Waals surface area contributed by atoms with Crippen molar-refractivity contribution < 1.29 is 9.53 Å². The van der Waals surface area contributed by atoms with Crippen molar-refractivity contribution >= 4 is 12.2 Å². The SMILES string of the molecule is CCOC(=O)[C@H](C#N)C=N[C@H]1CCC[C@H](C)[C@@H]1C. The Balaban J connectivity index is 2.61. The number of ether oxygens (including phenoxy) is 1. The second-order valence-electron chi connectivity index (χ2n) is 4.99. The summed E-state index contributed by atoms with van der Waals surface area (Å²) in [5, 5.41) is 8.93. The predicted octanol–water partition coefficient (Wildman–Crippen LogP) is 2.58. The van der Waals surface area contributed by atoms with E-state index in [2.05, 4.69) is 18.8 Å². The first-order valence-electron chi connectivity index (χ1n) is 6.69. The fourth-order valence-corrected chi connectivity index (χ4v) is 2.34. The number of carbonyl (C=O) groups excluding carboxylic acids is 1. The molecule has 1 fully saturated rings. The van der Waals surface area contributed by atoms with Gasteiger partial charge in [-0.15, -0.1) is 0 Å². The molecule has 0 N–H and O–H groups in total. The van der Waals surface area contributed by atoms with E-state index in [1.807, 2.05) is 6.07 Å². The van der Waals surface area contributed by atoms with Crippen molar-refractivity contribution in [3.63, 3.8) is 0 Å². The molecule has 1 rings (SSSR count). The molecule has 0 spiro atoms. The number of nitriles is 1. The first kappa shape index (κ1) is 14.7. The summed E-state index contributed by atoms with van der Waals surface area (Å²) in [7, 11) is 0. The van der Waals surface area contributed by atoms with E-state index in [0.717, 1.165) is 6.42 Å². The molecule has 0 bridgehead atoms. The van der Waals surface area contributed by atoms with Gasteiger partial charge in [0.15, 0.2) is 5.92 Å². The average molecular weight is 250 g/mol. The van der Waals surface area contributed by atoms with Crippen LogP contribution in [0.5, 0.6) is 0 Å². The smallest absolute Gasteiger partial charge is 0.328 e. The number of aliphatic imine (C=N–C) groups is 1.